The molecule has 2 nitrogen and oxygen atoms in total. The van der Waals surface area contributed by atoms with Crippen molar-refractivity contribution in [3.63, 3.8) is 0 Å². The second-order valence-corrected chi connectivity index (χ2v) is 4.57. The Bertz CT molecular complexity index is 326. The number of aromatic nitrogens is 2. The molecular weight excluding hydrogens is 200 g/mol. The molecule has 0 saturated heterocycles. The van der Waals surface area contributed by atoms with Crippen LogP contribution in [0.2, 0.25) is 0 Å². The maximum atomic E-state index is 4.52. The highest BCUT2D eigenvalue weighted by atomic mass is 32.2. The smallest absolute Gasteiger partial charge is 0.188 e. The van der Waals surface area contributed by atoms with Gasteiger partial charge in [0, 0.05) is 11.3 Å². The Morgan fingerprint density at radius 2 is 1.92 bits per heavy atom. The third-order valence-corrected chi connectivity index (χ3v) is 3.52. The largest absolute Gasteiger partial charge is 0.227 e. The zero-order chi connectivity index (χ0) is 9.26. The lowest BCUT2D eigenvalue weighted by Gasteiger charge is -2.05. The first-order valence-corrected chi connectivity index (χ1v) is 6.78. The number of aryl methyl sites for hydroxylation is 1. The molecule has 0 fully saturated rings. The van der Waals surface area contributed by atoms with Crippen molar-refractivity contribution in [1.29, 1.82) is 0 Å². The molecule has 1 aromatic heterocycles. The Morgan fingerprint density at radius 1 is 1.08 bits per heavy atom. The quantitative estimate of drug-likeness (QED) is 0.427. The third kappa shape index (κ3) is 1.70. The molecule has 0 aliphatic heterocycles. The van der Waals surface area contributed by atoms with Crippen LogP contribution in [0.25, 0.3) is 0 Å². The van der Waals surface area contributed by atoms with Gasteiger partial charge in [-0.25, -0.2) is 9.97 Å². The van der Waals surface area contributed by atoms with Crippen molar-refractivity contribution in [2.45, 2.75) is 29.4 Å². The molecule has 1 aliphatic carbocycles. The average molecular weight is 212 g/mol. The van der Waals surface area contributed by atoms with Gasteiger partial charge >= 0.3 is 0 Å². The van der Waals surface area contributed by atoms with Crippen LogP contribution >= 0.6 is 23.5 Å². The van der Waals surface area contributed by atoms with E-state index in [1.54, 1.807) is 23.5 Å². The molecule has 1 aromatic rings. The van der Waals surface area contributed by atoms with E-state index in [0.29, 0.717) is 0 Å². The minimum absolute atomic E-state index is 0.921. The molecule has 1 heterocycles. The molecule has 0 spiro atoms. The van der Waals surface area contributed by atoms with Crippen LogP contribution in [0.1, 0.15) is 17.7 Å². The summed E-state index contributed by atoms with van der Waals surface area (Å²) in [4.78, 5) is 9.02. The van der Waals surface area contributed by atoms with Gasteiger partial charge in [-0.1, -0.05) is 11.8 Å². The first-order chi connectivity index (χ1) is 6.35. The Morgan fingerprint density at radius 3 is 2.62 bits per heavy atom. The first kappa shape index (κ1) is 9.34. The molecule has 4 heteroatoms. The second kappa shape index (κ2) is 3.88. The summed E-state index contributed by atoms with van der Waals surface area (Å²) >= 11 is 3.37. The first-order valence-electron chi connectivity index (χ1n) is 4.33. The van der Waals surface area contributed by atoms with Crippen LogP contribution in [-0.2, 0) is 12.8 Å². The standard InChI is InChI=1S/C9H12N2S2/c1-12-8-6-4-3-5-7(6)10-9(11-8)13-2/h3-5H2,1-2H3. The zero-order valence-electron chi connectivity index (χ0n) is 7.83. The highest BCUT2D eigenvalue weighted by Crippen LogP contribution is 2.29. The SMILES string of the molecule is CSc1nc2c(c(SC)n1)CCC2. The Balaban J connectivity index is 2.49. The molecule has 70 valence electrons. The third-order valence-electron chi connectivity index (χ3n) is 2.25. The molecule has 0 N–H and O–H groups in total. The monoisotopic (exact) mass is 212 g/mol. The molecule has 1 aliphatic rings. The van der Waals surface area contributed by atoms with Crippen LogP contribution in [0.15, 0.2) is 10.2 Å². The molecule has 2 rings (SSSR count). The lowest BCUT2D eigenvalue weighted by Crippen LogP contribution is -1.97. The van der Waals surface area contributed by atoms with Crippen LogP contribution in [0, 0.1) is 0 Å². The van der Waals surface area contributed by atoms with Gasteiger partial charge < -0.3 is 0 Å². The topological polar surface area (TPSA) is 25.8 Å². The normalized spacial score (nSPS) is 14.6. The fourth-order valence-electron chi connectivity index (χ4n) is 1.64. The lowest BCUT2D eigenvalue weighted by molar-refractivity contribution is 0.843. The summed E-state index contributed by atoms with van der Waals surface area (Å²) < 4.78 is 0. The fourth-order valence-corrected chi connectivity index (χ4v) is 2.72. The van der Waals surface area contributed by atoms with Crippen LogP contribution < -0.4 is 0 Å². The van der Waals surface area contributed by atoms with Gasteiger partial charge in [-0.2, -0.15) is 0 Å². The van der Waals surface area contributed by atoms with Gasteiger partial charge in [0.05, 0.1) is 0 Å². The molecule has 0 aromatic carbocycles. The maximum Gasteiger partial charge on any atom is 0.188 e. The van der Waals surface area contributed by atoms with Gasteiger partial charge in [0.15, 0.2) is 5.16 Å². The van der Waals surface area contributed by atoms with E-state index < -0.39 is 0 Å². The van der Waals surface area contributed by atoms with Crippen molar-refractivity contribution >= 4 is 23.5 Å². The lowest BCUT2D eigenvalue weighted by atomic mass is 10.3. The Kier molecular flexibility index (Phi) is 2.79. The highest BCUT2D eigenvalue weighted by Gasteiger charge is 2.18. The van der Waals surface area contributed by atoms with E-state index in [0.717, 1.165) is 11.6 Å². The summed E-state index contributed by atoms with van der Waals surface area (Å²) in [7, 11) is 0. The fraction of sp³-hybridized carbons (Fsp3) is 0.556. The van der Waals surface area contributed by atoms with E-state index in [4.69, 9.17) is 0 Å². The maximum absolute atomic E-state index is 4.52. The molecule has 0 saturated carbocycles. The molecule has 0 atom stereocenters. The van der Waals surface area contributed by atoms with Crippen LogP contribution in [-0.4, -0.2) is 22.5 Å². The van der Waals surface area contributed by atoms with E-state index in [1.807, 2.05) is 6.26 Å². The molecule has 0 amide bonds. The van der Waals surface area contributed by atoms with Crippen LogP contribution in [0.5, 0.6) is 0 Å². The predicted octanol–water partition coefficient (Wildman–Crippen LogP) is 2.41. The number of fused-ring (bicyclic) bond motifs is 1. The summed E-state index contributed by atoms with van der Waals surface area (Å²) in [5.74, 6) is 0. The van der Waals surface area contributed by atoms with Crippen molar-refractivity contribution in [3.05, 3.63) is 11.3 Å². The van der Waals surface area contributed by atoms with E-state index in [2.05, 4.69) is 16.2 Å². The van der Waals surface area contributed by atoms with E-state index >= 15 is 0 Å². The van der Waals surface area contributed by atoms with Crippen LogP contribution in [0.4, 0.5) is 0 Å². The summed E-state index contributed by atoms with van der Waals surface area (Å²) in [5.41, 5.74) is 2.68. The van der Waals surface area contributed by atoms with Crippen molar-refractivity contribution < 1.29 is 0 Å². The van der Waals surface area contributed by atoms with Gasteiger partial charge in [-0.05, 0) is 31.8 Å². The summed E-state index contributed by atoms with van der Waals surface area (Å²) in [6.45, 7) is 0. The summed E-state index contributed by atoms with van der Waals surface area (Å²) in [6.07, 6.45) is 7.67. The summed E-state index contributed by atoms with van der Waals surface area (Å²) in [5, 5.41) is 2.11. The van der Waals surface area contributed by atoms with E-state index in [-0.39, 0.29) is 0 Å². The van der Waals surface area contributed by atoms with Crippen LogP contribution in [0.3, 0.4) is 0 Å². The predicted molar refractivity (Wildman–Crippen MR) is 57.6 cm³/mol. The van der Waals surface area contributed by atoms with Gasteiger partial charge in [0.2, 0.25) is 0 Å². The minimum Gasteiger partial charge on any atom is -0.227 e. The van der Waals surface area contributed by atoms with Gasteiger partial charge in [0.25, 0.3) is 0 Å². The van der Waals surface area contributed by atoms with Crippen molar-refractivity contribution in [3.8, 4) is 0 Å². The number of rotatable bonds is 2. The zero-order valence-corrected chi connectivity index (χ0v) is 9.47. The van der Waals surface area contributed by atoms with E-state index in [9.17, 15) is 0 Å². The number of nitrogens with zero attached hydrogens (tertiary/aromatic N) is 2. The number of hydrogen-bond acceptors (Lipinski definition) is 4. The van der Waals surface area contributed by atoms with Gasteiger partial charge in [0.1, 0.15) is 5.03 Å². The summed E-state index contributed by atoms with van der Waals surface area (Å²) in [6, 6.07) is 0. The molecular formula is C9H12N2S2. The molecule has 0 radical (unpaired) electrons. The van der Waals surface area contributed by atoms with Gasteiger partial charge in [-0.15, -0.1) is 11.8 Å². The Hall–Kier alpha value is -0.220. The molecule has 0 unspecified atom stereocenters. The molecule has 0 bridgehead atoms. The highest BCUT2D eigenvalue weighted by molar-refractivity contribution is 7.99. The van der Waals surface area contributed by atoms with Gasteiger partial charge in [-0.3, -0.25) is 0 Å². The molecule has 13 heavy (non-hydrogen) atoms. The van der Waals surface area contributed by atoms with Crippen molar-refractivity contribution in [2.75, 3.05) is 12.5 Å². The Labute approximate surface area is 86.9 Å². The van der Waals surface area contributed by atoms with E-state index in [1.165, 1.54) is 29.1 Å². The second-order valence-electron chi connectivity index (χ2n) is 3.00. The number of thioether (sulfide) groups is 2. The van der Waals surface area contributed by atoms with Crippen molar-refractivity contribution in [2.24, 2.45) is 0 Å². The number of hydrogen-bond donors (Lipinski definition) is 0. The average Bonchev–Trinajstić information content (AvgIpc) is 2.63. The van der Waals surface area contributed by atoms with Crippen molar-refractivity contribution in [1.82, 2.24) is 9.97 Å². The minimum atomic E-state index is 0.921.